The summed E-state index contributed by atoms with van der Waals surface area (Å²) in [4.78, 5) is 19.2. The van der Waals surface area contributed by atoms with Crippen LogP contribution in [-0.2, 0) is 6.42 Å². The van der Waals surface area contributed by atoms with Gasteiger partial charge >= 0.3 is 0 Å². The van der Waals surface area contributed by atoms with Crippen LogP contribution in [0.3, 0.4) is 0 Å². The van der Waals surface area contributed by atoms with Crippen molar-refractivity contribution in [1.29, 1.82) is 0 Å². The lowest BCUT2D eigenvalue weighted by molar-refractivity contribution is 0.0984. The van der Waals surface area contributed by atoms with Crippen molar-refractivity contribution in [3.05, 3.63) is 64.9 Å². The summed E-state index contributed by atoms with van der Waals surface area (Å²) in [5.41, 5.74) is 2.41. The van der Waals surface area contributed by atoms with Crippen molar-refractivity contribution in [3.8, 4) is 5.75 Å². The van der Waals surface area contributed by atoms with Crippen LogP contribution in [0.1, 0.15) is 28.0 Å². The molecule has 6 heteroatoms. The molecule has 2 heterocycles. The molecule has 2 aromatic carbocycles. The van der Waals surface area contributed by atoms with E-state index in [9.17, 15) is 13.6 Å². The van der Waals surface area contributed by atoms with Gasteiger partial charge in [-0.25, -0.2) is 8.78 Å². The fourth-order valence-corrected chi connectivity index (χ4v) is 3.56. The van der Waals surface area contributed by atoms with Crippen molar-refractivity contribution in [3.63, 3.8) is 0 Å². The van der Waals surface area contributed by atoms with Gasteiger partial charge in [-0.15, -0.1) is 0 Å². The number of hydrogen-bond acceptors (Lipinski definition) is 3. The van der Waals surface area contributed by atoms with Gasteiger partial charge in [0.1, 0.15) is 17.4 Å². The van der Waals surface area contributed by atoms with E-state index in [0.717, 1.165) is 17.0 Å². The van der Waals surface area contributed by atoms with Crippen LogP contribution in [-0.4, -0.2) is 24.5 Å². The van der Waals surface area contributed by atoms with Crippen LogP contribution in [0, 0.1) is 18.6 Å². The molecule has 0 saturated carbocycles. The summed E-state index contributed by atoms with van der Waals surface area (Å²) >= 11 is 0. The van der Waals surface area contributed by atoms with E-state index in [1.54, 1.807) is 20.1 Å². The Morgan fingerprint density at radius 2 is 2.00 bits per heavy atom. The first-order valence-corrected chi connectivity index (χ1v) is 8.73. The van der Waals surface area contributed by atoms with E-state index >= 15 is 0 Å². The Bertz CT molecular complexity index is 1070. The maximum Gasteiger partial charge on any atom is 0.260 e. The first-order chi connectivity index (χ1) is 13.0. The molecule has 138 valence electrons. The molecule has 4 rings (SSSR count). The van der Waals surface area contributed by atoms with Crippen molar-refractivity contribution in [1.82, 2.24) is 4.98 Å². The minimum absolute atomic E-state index is 0.300. The molecular weight excluding hydrogens is 350 g/mol. The zero-order chi connectivity index (χ0) is 19.1. The van der Waals surface area contributed by atoms with E-state index in [-0.39, 0.29) is 5.91 Å². The molecule has 1 aromatic heterocycles. The number of methoxy groups -OCH3 is 1. The van der Waals surface area contributed by atoms with E-state index in [4.69, 9.17) is 4.74 Å². The first-order valence-electron chi connectivity index (χ1n) is 8.73. The lowest BCUT2D eigenvalue weighted by atomic mass is 9.99. The molecule has 1 aliphatic heterocycles. The molecular formula is C21H18F2N2O2. The van der Waals surface area contributed by atoms with Gasteiger partial charge in [-0.1, -0.05) is 0 Å². The fourth-order valence-electron chi connectivity index (χ4n) is 3.56. The van der Waals surface area contributed by atoms with E-state index < -0.39 is 11.6 Å². The minimum atomic E-state index is -0.691. The molecule has 4 nitrogen and oxygen atoms in total. The number of aromatic nitrogens is 1. The Morgan fingerprint density at radius 3 is 2.78 bits per heavy atom. The summed E-state index contributed by atoms with van der Waals surface area (Å²) in [6, 6.07) is 9.29. The van der Waals surface area contributed by atoms with Crippen LogP contribution in [0.2, 0.25) is 0 Å². The minimum Gasteiger partial charge on any atom is -0.497 e. The number of rotatable bonds is 2. The third-order valence-electron chi connectivity index (χ3n) is 4.92. The zero-order valence-corrected chi connectivity index (χ0v) is 15.1. The number of nitrogens with zero attached hydrogens (tertiary/aromatic N) is 2. The van der Waals surface area contributed by atoms with Crippen molar-refractivity contribution < 1.29 is 18.3 Å². The number of carbonyl (C=O) groups excluding carboxylic acids is 1. The molecule has 0 saturated heterocycles. The summed E-state index contributed by atoms with van der Waals surface area (Å²) in [6.45, 7) is 2.16. The van der Waals surface area contributed by atoms with Gasteiger partial charge < -0.3 is 9.64 Å². The van der Waals surface area contributed by atoms with E-state index in [0.29, 0.717) is 47.6 Å². The van der Waals surface area contributed by atoms with E-state index in [1.165, 1.54) is 11.0 Å². The van der Waals surface area contributed by atoms with E-state index in [2.05, 4.69) is 4.98 Å². The number of hydrogen-bond donors (Lipinski definition) is 0. The Kier molecular flexibility index (Phi) is 4.26. The van der Waals surface area contributed by atoms with Crippen molar-refractivity contribution in [2.75, 3.05) is 18.6 Å². The van der Waals surface area contributed by atoms with Crippen molar-refractivity contribution >= 4 is 22.5 Å². The SMILES string of the molecule is COc1ccc2nc(C)c(C(=O)N3CCCc4c(F)cc(F)cc43)cc2c1. The van der Waals surface area contributed by atoms with Crippen LogP contribution in [0.5, 0.6) is 5.75 Å². The molecule has 0 bridgehead atoms. The number of benzene rings is 2. The highest BCUT2D eigenvalue weighted by Gasteiger charge is 2.27. The molecule has 0 unspecified atom stereocenters. The van der Waals surface area contributed by atoms with Crippen LogP contribution in [0.25, 0.3) is 10.9 Å². The highest BCUT2D eigenvalue weighted by Crippen LogP contribution is 2.32. The van der Waals surface area contributed by atoms with Gasteiger partial charge in [0.25, 0.3) is 5.91 Å². The van der Waals surface area contributed by atoms with Crippen LogP contribution in [0.15, 0.2) is 36.4 Å². The summed E-state index contributed by atoms with van der Waals surface area (Å²) in [7, 11) is 1.57. The quantitative estimate of drug-likeness (QED) is 0.672. The second-order valence-corrected chi connectivity index (χ2v) is 6.63. The van der Waals surface area contributed by atoms with Gasteiger partial charge in [0.15, 0.2) is 0 Å². The molecule has 0 spiro atoms. The number of anilines is 1. The number of ether oxygens (including phenoxy) is 1. The van der Waals surface area contributed by atoms with Gasteiger partial charge in [0.2, 0.25) is 0 Å². The topological polar surface area (TPSA) is 42.4 Å². The smallest absolute Gasteiger partial charge is 0.260 e. The first kappa shape index (κ1) is 17.4. The number of fused-ring (bicyclic) bond motifs is 2. The van der Waals surface area contributed by atoms with Gasteiger partial charge in [-0.3, -0.25) is 9.78 Å². The lowest BCUT2D eigenvalue weighted by Gasteiger charge is -2.30. The van der Waals surface area contributed by atoms with Crippen molar-refractivity contribution in [2.45, 2.75) is 19.8 Å². The third-order valence-corrected chi connectivity index (χ3v) is 4.92. The maximum atomic E-state index is 14.1. The molecule has 0 atom stereocenters. The molecule has 1 aliphatic rings. The number of aryl methyl sites for hydroxylation is 1. The molecule has 0 fully saturated rings. The maximum absolute atomic E-state index is 14.1. The predicted octanol–water partition coefficient (Wildman–Crippen LogP) is 4.42. The van der Waals surface area contributed by atoms with Gasteiger partial charge in [-0.05, 0) is 50.1 Å². The largest absolute Gasteiger partial charge is 0.497 e. The number of halogens is 2. The second-order valence-electron chi connectivity index (χ2n) is 6.63. The third kappa shape index (κ3) is 3.01. The van der Waals surface area contributed by atoms with Gasteiger partial charge in [0.05, 0.1) is 29.6 Å². The molecule has 0 radical (unpaired) electrons. The summed E-state index contributed by atoms with van der Waals surface area (Å²) in [5.74, 6) is -0.945. The standard InChI is InChI=1S/C21H18F2N2O2/c1-12-17(9-13-8-15(27-2)5-6-19(13)24-12)21(26)25-7-3-4-16-18(23)10-14(22)11-20(16)25/h5-6,8-11H,3-4,7H2,1-2H3. The summed E-state index contributed by atoms with van der Waals surface area (Å²) < 4.78 is 33.1. The Hall–Kier alpha value is -3.02. The highest BCUT2D eigenvalue weighted by molar-refractivity contribution is 6.09. The Morgan fingerprint density at radius 1 is 1.19 bits per heavy atom. The lowest BCUT2D eigenvalue weighted by Crippen LogP contribution is -2.36. The average Bonchev–Trinajstić information content (AvgIpc) is 2.66. The Balaban J connectivity index is 1.81. The number of pyridine rings is 1. The summed E-state index contributed by atoms with van der Waals surface area (Å²) in [5, 5.41) is 0.769. The molecule has 27 heavy (non-hydrogen) atoms. The number of amides is 1. The highest BCUT2D eigenvalue weighted by atomic mass is 19.1. The van der Waals surface area contributed by atoms with Gasteiger partial charge in [0, 0.05) is 23.6 Å². The fraction of sp³-hybridized carbons (Fsp3) is 0.238. The average molecular weight is 368 g/mol. The normalized spacial score (nSPS) is 13.6. The summed E-state index contributed by atoms with van der Waals surface area (Å²) in [6.07, 6.45) is 1.10. The molecule has 1 amide bonds. The Labute approximate surface area is 155 Å². The zero-order valence-electron chi connectivity index (χ0n) is 15.1. The molecule has 3 aromatic rings. The molecule has 0 N–H and O–H groups in total. The van der Waals surface area contributed by atoms with Crippen LogP contribution < -0.4 is 9.64 Å². The van der Waals surface area contributed by atoms with Crippen LogP contribution in [0.4, 0.5) is 14.5 Å². The number of carbonyl (C=O) groups is 1. The predicted molar refractivity (Wildman–Crippen MR) is 99.4 cm³/mol. The van der Waals surface area contributed by atoms with Crippen molar-refractivity contribution in [2.24, 2.45) is 0 Å². The van der Waals surface area contributed by atoms with E-state index in [1.807, 2.05) is 18.2 Å². The van der Waals surface area contributed by atoms with Crippen LogP contribution >= 0.6 is 0 Å². The monoisotopic (exact) mass is 368 g/mol. The molecule has 0 aliphatic carbocycles. The van der Waals surface area contributed by atoms with Gasteiger partial charge in [-0.2, -0.15) is 0 Å². The second kappa shape index (κ2) is 6.61.